The van der Waals surface area contributed by atoms with Crippen LogP contribution in [0.2, 0.25) is 0 Å². The minimum absolute atomic E-state index is 0.0114. The second-order valence-electron chi connectivity index (χ2n) is 14.8. The highest BCUT2D eigenvalue weighted by molar-refractivity contribution is 5.72. The molecule has 0 atom stereocenters. The molecule has 0 aliphatic rings. The molecule has 0 heterocycles. The smallest absolute Gasteiger partial charge is 0.407 e. The zero-order valence-corrected chi connectivity index (χ0v) is 33.5. The van der Waals surface area contributed by atoms with Gasteiger partial charge in [-0.1, -0.05) is 130 Å². The van der Waals surface area contributed by atoms with E-state index in [1.165, 1.54) is 116 Å². The van der Waals surface area contributed by atoms with E-state index in [1.807, 2.05) is 20.8 Å². The topological polar surface area (TPSA) is 117 Å². The summed E-state index contributed by atoms with van der Waals surface area (Å²) in [5.41, 5.74) is 4.88. The average Bonchev–Trinajstić information content (AvgIpc) is 3.03. The van der Waals surface area contributed by atoms with Crippen LogP contribution in [0.4, 0.5) is 4.79 Å². The lowest BCUT2D eigenvalue weighted by Gasteiger charge is -2.20. The zero-order valence-electron chi connectivity index (χ0n) is 33.5. The predicted octanol–water partition coefficient (Wildman–Crippen LogP) is 11.5. The van der Waals surface area contributed by atoms with Gasteiger partial charge in [0.25, 0.3) is 0 Å². The van der Waals surface area contributed by atoms with Gasteiger partial charge in [-0.3, -0.25) is 9.59 Å². The number of carbonyl (C=O) groups excluding carboxylic acids is 3. The summed E-state index contributed by atoms with van der Waals surface area (Å²) in [5, 5.41) is 2.61. The molecule has 0 radical (unpaired) electrons. The number of amides is 1. The van der Waals surface area contributed by atoms with Gasteiger partial charge in [-0.25, -0.2) is 4.79 Å². The van der Waals surface area contributed by atoms with Crippen LogP contribution < -0.4 is 11.1 Å². The lowest BCUT2D eigenvalue weighted by atomic mass is 10.0. The molecule has 0 aromatic carbocycles. The summed E-state index contributed by atoms with van der Waals surface area (Å²) in [5.74, 6) is -0.354. The summed E-state index contributed by atoms with van der Waals surface area (Å²) in [4.78, 5) is 35.4. The molecule has 8 nitrogen and oxygen atoms in total. The second kappa shape index (κ2) is 36.0. The number of unbranched alkanes of at least 4 members (excludes halogenated alkanes) is 16. The minimum atomic E-state index is -0.536. The van der Waals surface area contributed by atoms with Crippen LogP contribution in [0.25, 0.3) is 0 Å². The predicted molar refractivity (Wildman–Crippen MR) is 206 cm³/mol. The molecule has 0 aliphatic heterocycles. The van der Waals surface area contributed by atoms with Gasteiger partial charge in [0.05, 0.1) is 12.8 Å². The van der Waals surface area contributed by atoms with Crippen molar-refractivity contribution in [1.82, 2.24) is 5.32 Å². The molecule has 292 valence electrons. The Bertz CT molecular complexity index is 727. The van der Waals surface area contributed by atoms with Crippen molar-refractivity contribution >= 4 is 18.0 Å². The Hall–Kier alpha value is -1.83. The summed E-state index contributed by atoms with van der Waals surface area (Å²) in [6, 6.07) is 0. The molecule has 0 unspecified atom stereocenters. The highest BCUT2D eigenvalue weighted by Crippen LogP contribution is 2.18. The fraction of sp³-hybridized carbons (Fsp3) is 0.927. The largest absolute Gasteiger partial charge is 0.462 e. The number of hydrogen-bond donors (Lipinski definition) is 2. The highest BCUT2D eigenvalue weighted by Gasteiger charge is 2.18. The van der Waals surface area contributed by atoms with Crippen molar-refractivity contribution in [1.29, 1.82) is 0 Å². The van der Waals surface area contributed by atoms with Gasteiger partial charge in [0.2, 0.25) is 0 Å². The summed E-state index contributed by atoms with van der Waals surface area (Å²) < 4.78 is 16.5. The molecule has 0 spiro atoms. The van der Waals surface area contributed by atoms with E-state index in [1.54, 1.807) is 0 Å². The fourth-order valence-corrected chi connectivity index (χ4v) is 5.61. The first-order valence-corrected chi connectivity index (χ1v) is 20.6. The Morgan fingerprint density at radius 1 is 0.531 bits per heavy atom. The number of nitrogens with two attached hydrogens (primary N) is 1. The highest BCUT2D eigenvalue weighted by atomic mass is 16.6. The maximum atomic E-state index is 12.2. The van der Waals surface area contributed by atoms with Crippen LogP contribution in [0.5, 0.6) is 0 Å². The normalized spacial score (nSPS) is 11.3. The van der Waals surface area contributed by atoms with Gasteiger partial charge in [-0.15, -0.1) is 0 Å². The molecule has 8 heteroatoms. The standard InChI is InChI=1S/C23H45NO4.C18H37NO2/c1-6-8-10-12-14-16-20(17-15-13-11-9-7-2)27-21(25)18-19-24-22(26)28-23(3,4)5;1-3-5-7-9-11-13-17(21-18(20)15-16-19)14-12-10-8-6-4-2/h20H,6-19H2,1-5H3,(H,24,26);17H,3-16,19H2,1-2H3. The van der Waals surface area contributed by atoms with Crippen molar-refractivity contribution in [2.45, 2.75) is 233 Å². The first kappa shape index (κ1) is 49.3. The van der Waals surface area contributed by atoms with E-state index in [0.29, 0.717) is 13.0 Å². The lowest BCUT2D eigenvalue weighted by Crippen LogP contribution is -2.34. The molecule has 1 amide bonds. The SMILES string of the molecule is CCCCCCCC(CCCCCCC)OC(=O)CCN.CCCCCCCC(CCCCCCC)OC(=O)CCNC(=O)OC(C)(C)C. The van der Waals surface area contributed by atoms with E-state index in [0.717, 1.165) is 38.5 Å². The zero-order chi connectivity index (χ0) is 37.0. The fourth-order valence-electron chi connectivity index (χ4n) is 5.61. The molecule has 0 aliphatic carbocycles. The van der Waals surface area contributed by atoms with Crippen molar-refractivity contribution in [3.8, 4) is 0 Å². The number of esters is 2. The van der Waals surface area contributed by atoms with Gasteiger partial charge < -0.3 is 25.3 Å². The average molecular weight is 699 g/mol. The van der Waals surface area contributed by atoms with E-state index in [9.17, 15) is 14.4 Å². The van der Waals surface area contributed by atoms with Gasteiger partial charge >= 0.3 is 18.0 Å². The molecule has 0 fully saturated rings. The first-order valence-electron chi connectivity index (χ1n) is 20.6. The summed E-state index contributed by atoms with van der Waals surface area (Å²) in [7, 11) is 0. The Labute approximate surface area is 303 Å². The molecule has 0 bridgehead atoms. The molecular formula is C41H82N2O6. The summed E-state index contributed by atoms with van der Waals surface area (Å²) >= 11 is 0. The number of nitrogens with one attached hydrogen (secondary N) is 1. The van der Waals surface area contributed by atoms with Crippen LogP contribution in [-0.4, -0.2) is 48.9 Å². The molecular weight excluding hydrogens is 616 g/mol. The molecule has 0 aromatic rings. The number of carbonyl (C=O) groups is 3. The first-order chi connectivity index (χ1) is 23.5. The molecule has 3 N–H and O–H groups in total. The van der Waals surface area contributed by atoms with Gasteiger partial charge in [-0.05, 0) is 72.1 Å². The van der Waals surface area contributed by atoms with E-state index >= 15 is 0 Å². The molecule has 49 heavy (non-hydrogen) atoms. The third kappa shape index (κ3) is 38.8. The third-order valence-corrected chi connectivity index (χ3v) is 8.46. The monoisotopic (exact) mass is 699 g/mol. The van der Waals surface area contributed by atoms with Gasteiger partial charge in [0.1, 0.15) is 17.8 Å². The van der Waals surface area contributed by atoms with Crippen LogP contribution in [0.1, 0.15) is 215 Å². The van der Waals surface area contributed by atoms with Crippen molar-refractivity contribution in [2.75, 3.05) is 13.1 Å². The van der Waals surface area contributed by atoms with Crippen LogP contribution in [-0.2, 0) is 23.8 Å². The quantitative estimate of drug-likeness (QED) is 0.0420. The number of hydrogen-bond acceptors (Lipinski definition) is 7. The van der Waals surface area contributed by atoms with Crippen molar-refractivity contribution in [3.05, 3.63) is 0 Å². The number of rotatable bonds is 31. The van der Waals surface area contributed by atoms with Crippen LogP contribution in [0, 0.1) is 0 Å². The van der Waals surface area contributed by atoms with Crippen molar-refractivity contribution in [3.63, 3.8) is 0 Å². The summed E-state index contributed by atoms with van der Waals surface area (Å²) in [6.45, 7) is 15.0. The Morgan fingerprint density at radius 3 is 1.16 bits per heavy atom. The molecule has 0 aromatic heterocycles. The lowest BCUT2D eigenvalue weighted by molar-refractivity contribution is -0.150. The van der Waals surface area contributed by atoms with Crippen LogP contribution in [0.3, 0.4) is 0 Å². The Morgan fingerprint density at radius 2 is 0.857 bits per heavy atom. The van der Waals surface area contributed by atoms with E-state index in [4.69, 9.17) is 19.9 Å². The van der Waals surface area contributed by atoms with Crippen molar-refractivity contribution in [2.24, 2.45) is 5.73 Å². The van der Waals surface area contributed by atoms with Gasteiger partial charge in [0, 0.05) is 13.1 Å². The maximum Gasteiger partial charge on any atom is 0.407 e. The van der Waals surface area contributed by atoms with Gasteiger partial charge in [0.15, 0.2) is 0 Å². The van der Waals surface area contributed by atoms with Crippen LogP contribution in [0.15, 0.2) is 0 Å². The number of alkyl carbamates (subject to hydrolysis) is 1. The summed E-state index contributed by atoms with van der Waals surface area (Å²) in [6.07, 6.45) is 28.9. The third-order valence-electron chi connectivity index (χ3n) is 8.46. The van der Waals surface area contributed by atoms with E-state index < -0.39 is 11.7 Å². The molecule has 0 rings (SSSR count). The van der Waals surface area contributed by atoms with Crippen molar-refractivity contribution < 1.29 is 28.6 Å². The maximum absolute atomic E-state index is 12.2. The number of ether oxygens (including phenoxy) is 3. The van der Waals surface area contributed by atoms with E-state index in [-0.39, 0.29) is 37.1 Å². The molecule has 0 saturated heterocycles. The van der Waals surface area contributed by atoms with E-state index in [2.05, 4.69) is 33.0 Å². The minimum Gasteiger partial charge on any atom is -0.462 e. The van der Waals surface area contributed by atoms with Crippen LogP contribution >= 0.6 is 0 Å². The molecule has 0 saturated carbocycles. The Balaban J connectivity index is 0. The Kier molecular flexibility index (Phi) is 36.2. The van der Waals surface area contributed by atoms with Gasteiger partial charge in [-0.2, -0.15) is 0 Å². The second-order valence-corrected chi connectivity index (χ2v) is 14.8.